The number of aryl methyl sites for hydroxylation is 1. The van der Waals surface area contributed by atoms with Gasteiger partial charge in [-0.25, -0.2) is 0 Å². The summed E-state index contributed by atoms with van der Waals surface area (Å²) in [5, 5.41) is 13.7. The van der Waals surface area contributed by atoms with Gasteiger partial charge < -0.3 is 10.4 Å². The highest BCUT2D eigenvalue weighted by molar-refractivity contribution is 9.10. The SMILES string of the molecule is C=CC[C@H](c1cc(Br)cc(C)c1O)N1CCNCC1.Cl.Cl. The van der Waals surface area contributed by atoms with Crippen LogP contribution in [0.25, 0.3) is 0 Å². The molecule has 120 valence electrons. The molecule has 2 N–H and O–H groups in total. The van der Waals surface area contributed by atoms with Gasteiger partial charge in [0.05, 0.1) is 0 Å². The van der Waals surface area contributed by atoms with Crippen LogP contribution >= 0.6 is 40.7 Å². The van der Waals surface area contributed by atoms with Crippen molar-refractivity contribution in [3.63, 3.8) is 0 Å². The summed E-state index contributed by atoms with van der Waals surface area (Å²) in [6.07, 6.45) is 2.78. The second-order valence-corrected chi connectivity index (χ2v) is 5.90. The Kier molecular flexibility index (Phi) is 9.58. The van der Waals surface area contributed by atoms with E-state index in [2.05, 4.69) is 32.7 Å². The van der Waals surface area contributed by atoms with E-state index in [9.17, 15) is 5.11 Å². The van der Waals surface area contributed by atoms with E-state index < -0.39 is 0 Å². The van der Waals surface area contributed by atoms with Gasteiger partial charge in [-0.3, -0.25) is 4.90 Å². The van der Waals surface area contributed by atoms with Gasteiger partial charge in [0.1, 0.15) is 5.75 Å². The monoisotopic (exact) mass is 396 g/mol. The number of aromatic hydroxyl groups is 1. The molecule has 21 heavy (non-hydrogen) atoms. The van der Waals surface area contributed by atoms with Gasteiger partial charge in [-0.05, 0) is 31.0 Å². The number of benzene rings is 1. The Labute approximate surface area is 147 Å². The lowest BCUT2D eigenvalue weighted by atomic mass is 9.98. The summed E-state index contributed by atoms with van der Waals surface area (Å²) >= 11 is 3.52. The van der Waals surface area contributed by atoms with Crippen LogP contribution in [-0.4, -0.2) is 36.2 Å². The lowest BCUT2D eigenvalue weighted by molar-refractivity contribution is 0.172. The molecule has 3 nitrogen and oxygen atoms in total. The zero-order valence-electron chi connectivity index (χ0n) is 12.1. The maximum absolute atomic E-state index is 10.4. The van der Waals surface area contributed by atoms with Crippen molar-refractivity contribution in [2.75, 3.05) is 26.2 Å². The molecular weight excluding hydrogens is 375 g/mol. The van der Waals surface area contributed by atoms with Crippen LogP contribution in [0.15, 0.2) is 29.3 Å². The minimum Gasteiger partial charge on any atom is -0.507 e. The fraction of sp³-hybridized carbons (Fsp3) is 0.467. The molecule has 1 aromatic carbocycles. The van der Waals surface area contributed by atoms with Crippen molar-refractivity contribution in [3.8, 4) is 5.75 Å². The number of nitrogens with one attached hydrogen (secondary N) is 1. The van der Waals surface area contributed by atoms with Crippen molar-refractivity contribution in [1.82, 2.24) is 10.2 Å². The van der Waals surface area contributed by atoms with Gasteiger partial charge in [0, 0.05) is 42.3 Å². The molecule has 2 rings (SSSR count). The predicted molar refractivity (Wildman–Crippen MR) is 97.0 cm³/mol. The first-order chi connectivity index (χ1) is 9.13. The van der Waals surface area contributed by atoms with E-state index in [0.29, 0.717) is 5.75 Å². The van der Waals surface area contributed by atoms with Crippen LogP contribution in [0.5, 0.6) is 5.75 Å². The zero-order chi connectivity index (χ0) is 13.8. The van der Waals surface area contributed by atoms with E-state index in [-0.39, 0.29) is 30.9 Å². The summed E-state index contributed by atoms with van der Waals surface area (Å²) < 4.78 is 1.02. The highest BCUT2D eigenvalue weighted by Gasteiger charge is 2.24. The molecule has 1 aliphatic heterocycles. The van der Waals surface area contributed by atoms with Gasteiger partial charge in [-0.15, -0.1) is 31.4 Å². The normalized spacial score (nSPS) is 16.5. The molecule has 1 saturated heterocycles. The second kappa shape index (κ2) is 9.70. The summed E-state index contributed by atoms with van der Waals surface area (Å²) in [6, 6.07) is 4.18. The van der Waals surface area contributed by atoms with E-state index in [1.165, 1.54) is 0 Å². The Hall–Kier alpha value is -0.260. The number of nitrogens with zero attached hydrogens (tertiary/aromatic N) is 1. The molecule has 1 heterocycles. The average molecular weight is 398 g/mol. The van der Waals surface area contributed by atoms with Crippen LogP contribution in [0, 0.1) is 6.92 Å². The fourth-order valence-corrected chi connectivity index (χ4v) is 3.23. The largest absolute Gasteiger partial charge is 0.507 e. The maximum atomic E-state index is 10.4. The molecule has 1 aromatic rings. The zero-order valence-corrected chi connectivity index (χ0v) is 15.4. The lowest BCUT2D eigenvalue weighted by Crippen LogP contribution is -2.45. The predicted octanol–water partition coefficient (Wildman–Crippen LogP) is 3.83. The first-order valence-electron chi connectivity index (χ1n) is 6.68. The summed E-state index contributed by atoms with van der Waals surface area (Å²) in [5.41, 5.74) is 1.90. The summed E-state index contributed by atoms with van der Waals surface area (Å²) in [7, 11) is 0. The van der Waals surface area contributed by atoms with Gasteiger partial charge in [0.2, 0.25) is 0 Å². The molecule has 0 bridgehead atoms. The quantitative estimate of drug-likeness (QED) is 0.757. The molecule has 1 fully saturated rings. The van der Waals surface area contributed by atoms with E-state index in [4.69, 9.17) is 0 Å². The second-order valence-electron chi connectivity index (χ2n) is 4.99. The molecule has 0 spiro atoms. The molecule has 1 atom stereocenters. The third-order valence-electron chi connectivity index (χ3n) is 3.64. The first-order valence-corrected chi connectivity index (χ1v) is 7.47. The van der Waals surface area contributed by atoms with E-state index in [0.717, 1.165) is 48.2 Å². The Balaban J connectivity index is 0.00000200. The van der Waals surface area contributed by atoms with Gasteiger partial charge in [-0.1, -0.05) is 22.0 Å². The summed E-state index contributed by atoms with van der Waals surface area (Å²) in [6.45, 7) is 9.81. The molecule has 0 aliphatic carbocycles. The van der Waals surface area contributed by atoms with Crippen LogP contribution in [0.1, 0.15) is 23.6 Å². The van der Waals surface area contributed by atoms with Gasteiger partial charge in [-0.2, -0.15) is 0 Å². The van der Waals surface area contributed by atoms with Gasteiger partial charge >= 0.3 is 0 Å². The minimum atomic E-state index is 0. The molecule has 0 amide bonds. The van der Waals surface area contributed by atoms with Crippen LogP contribution < -0.4 is 5.32 Å². The molecule has 1 aliphatic rings. The van der Waals surface area contributed by atoms with Gasteiger partial charge in [0.25, 0.3) is 0 Å². The van der Waals surface area contributed by atoms with Crippen molar-refractivity contribution >= 4 is 40.7 Å². The molecule has 0 unspecified atom stereocenters. The number of rotatable bonds is 4. The van der Waals surface area contributed by atoms with Crippen molar-refractivity contribution in [1.29, 1.82) is 0 Å². The third-order valence-corrected chi connectivity index (χ3v) is 4.09. The highest BCUT2D eigenvalue weighted by atomic mass is 79.9. The Morgan fingerprint density at radius 1 is 1.38 bits per heavy atom. The first kappa shape index (κ1) is 20.7. The Morgan fingerprint density at radius 2 is 2.00 bits per heavy atom. The lowest BCUT2D eigenvalue weighted by Gasteiger charge is -2.35. The van der Waals surface area contributed by atoms with E-state index in [1.807, 2.05) is 25.1 Å². The molecule has 0 saturated carbocycles. The standard InChI is InChI=1S/C15H21BrN2O.2ClH/c1-3-4-14(18-7-5-17-6-8-18)13-10-12(16)9-11(2)15(13)19;;/h3,9-10,14,17,19H,1,4-8H2,2H3;2*1H/t14-;;/m1../s1. The van der Waals surface area contributed by atoms with Crippen molar-refractivity contribution in [3.05, 3.63) is 40.4 Å². The number of hydrogen-bond acceptors (Lipinski definition) is 3. The third kappa shape index (κ3) is 5.15. The fourth-order valence-electron chi connectivity index (χ4n) is 2.64. The summed E-state index contributed by atoms with van der Waals surface area (Å²) in [5.74, 6) is 0.411. The molecule has 0 aromatic heterocycles. The van der Waals surface area contributed by atoms with Crippen molar-refractivity contribution < 1.29 is 5.11 Å². The van der Waals surface area contributed by atoms with Crippen molar-refractivity contribution in [2.24, 2.45) is 0 Å². The molecular formula is C15H23BrCl2N2O. The average Bonchev–Trinajstić information content (AvgIpc) is 2.41. The van der Waals surface area contributed by atoms with Crippen LogP contribution in [0.2, 0.25) is 0 Å². The molecule has 6 heteroatoms. The maximum Gasteiger partial charge on any atom is 0.123 e. The summed E-state index contributed by atoms with van der Waals surface area (Å²) in [4.78, 5) is 2.42. The number of phenolic OH excluding ortho intramolecular Hbond substituents is 1. The van der Waals surface area contributed by atoms with Crippen molar-refractivity contribution in [2.45, 2.75) is 19.4 Å². The van der Waals surface area contributed by atoms with Crippen LogP contribution in [0.4, 0.5) is 0 Å². The number of piperazine rings is 1. The van der Waals surface area contributed by atoms with E-state index in [1.54, 1.807) is 0 Å². The number of hydrogen-bond donors (Lipinski definition) is 2. The minimum absolute atomic E-state index is 0. The van der Waals surface area contributed by atoms with Gasteiger partial charge in [0.15, 0.2) is 0 Å². The Bertz CT molecular complexity index is 465. The van der Waals surface area contributed by atoms with E-state index >= 15 is 0 Å². The van der Waals surface area contributed by atoms with Crippen LogP contribution in [0.3, 0.4) is 0 Å². The highest BCUT2D eigenvalue weighted by Crippen LogP contribution is 2.36. The smallest absolute Gasteiger partial charge is 0.123 e. The molecule has 0 radical (unpaired) electrons. The number of phenols is 1. The topological polar surface area (TPSA) is 35.5 Å². The Morgan fingerprint density at radius 3 is 2.57 bits per heavy atom. The van der Waals surface area contributed by atoms with Crippen LogP contribution in [-0.2, 0) is 0 Å². The number of halogens is 3.